The van der Waals surface area contributed by atoms with Gasteiger partial charge in [0.1, 0.15) is 0 Å². The molecule has 130 valence electrons. The minimum atomic E-state index is -3.29. The van der Waals surface area contributed by atoms with Crippen LogP contribution >= 0.6 is 11.6 Å². The Bertz CT molecular complexity index is 937. The summed E-state index contributed by atoms with van der Waals surface area (Å²) in [7, 11) is -3.29. The third-order valence-electron chi connectivity index (χ3n) is 4.17. The largest absolute Gasteiger partial charge is 0.300 e. The fraction of sp³-hybridized carbons (Fsp3) is 0.211. The number of amides is 1. The maximum atomic E-state index is 13.2. The van der Waals surface area contributed by atoms with E-state index in [0.717, 1.165) is 17.7 Å². The Morgan fingerprint density at radius 2 is 1.96 bits per heavy atom. The number of hydrogen-bond donors (Lipinski definition) is 0. The molecule has 0 spiro atoms. The van der Waals surface area contributed by atoms with Gasteiger partial charge in [-0.05, 0) is 42.3 Å². The Morgan fingerprint density at radius 3 is 2.60 bits per heavy atom. The maximum absolute atomic E-state index is 13.2. The van der Waals surface area contributed by atoms with Crippen LogP contribution in [-0.4, -0.2) is 26.1 Å². The summed E-state index contributed by atoms with van der Waals surface area (Å²) in [5.41, 5.74) is 2.13. The van der Waals surface area contributed by atoms with E-state index in [9.17, 15) is 13.2 Å². The summed E-state index contributed by atoms with van der Waals surface area (Å²) in [5.74, 6) is -0.382. The summed E-state index contributed by atoms with van der Waals surface area (Å²) in [4.78, 5) is 14.8. The highest BCUT2D eigenvalue weighted by Crippen LogP contribution is 2.29. The van der Waals surface area contributed by atoms with E-state index in [1.165, 1.54) is 5.41 Å². The monoisotopic (exact) mass is 375 g/mol. The zero-order chi connectivity index (χ0) is 18.0. The number of carbonyl (C=O) groups excluding carboxylic acids is 1. The van der Waals surface area contributed by atoms with Crippen molar-refractivity contribution < 1.29 is 13.2 Å². The van der Waals surface area contributed by atoms with Gasteiger partial charge < -0.3 is 4.90 Å². The van der Waals surface area contributed by atoms with Gasteiger partial charge in [-0.3, -0.25) is 4.79 Å². The molecule has 0 N–H and O–H groups in total. The van der Waals surface area contributed by atoms with E-state index in [2.05, 4.69) is 0 Å². The molecule has 0 radical (unpaired) electrons. The molecule has 1 unspecified atom stereocenters. The first-order valence-electron chi connectivity index (χ1n) is 7.99. The standard InChI is InChI=1S/C19H18ClNO3S/c1-2-14-6-3-4-9-18(14)21(17-10-11-25(23,24)13-17)19(22)15-7-5-8-16(20)12-15/h3-12,17H,2,13H2,1H3. The summed E-state index contributed by atoms with van der Waals surface area (Å²) in [6.45, 7) is 2.00. The number of benzene rings is 2. The second-order valence-corrected chi connectivity index (χ2v) is 8.26. The summed E-state index contributed by atoms with van der Waals surface area (Å²) < 4.78 is 23.8. The van der Waals surface area contributed by atoms with E-state index in [1.54, 1.807) is 35.2 Å². The number of anilines is 1. The molecule has 1 heterocycles. The zero-order valence-corrected chi connectivity index (χ0v) is 15.3. The SMILES string of the molecule is CCc1ccccc1N(C(=O)c1cccc(Cl)c1)C1C=CS(=O)(=O)C1. The molecule has 0 saturated heterocycles. The van der Waals surface area contributed by atoms with Gasteiger partial charge in [0.2, 0.25) is 0 Å². The van der Waals surface area contributed by atoms with E-state index >= 15 is 0 Å². The maximum Gasteiger partial charge on any atom is 0.258 e. The number of hydrogen-bond acceptors (Lipinski definition) is 3. The third-order valence-corrected chi connectivity index (χ3v) is 5.78. The van der Waals surface area contributed by atoms with Gasteiger partial charge in [-0.15, -0.1) is 0 Å². The first kappa shape index (κ1) is 17.7. The highest BCUT2D eigenvalue weighted by atomic mass is 35.5. The minimum absolute atomic E-state index is 0.114. The number of sulfone groups is 1. The van der Waals surface area contributed by atoms with E-state index < -0.39 is 15.9 Å². The van der Waals surface area contributed by atoms with E-state index in [0.29, 0.717) is 10.6 Å². The number of nitrogens with zero attached hydrogens (tertiary/aromatic N) is 1. The van der Waals surface area contributed by atoms with Crippen LogP contribution in [0.5, 0.6) is 0 Å². The number of aryl methyl sites for hydroxylation is 1. The van der Waals surface area contributed by atoms with Crippen LogP contribution in [0.2, 0.25) is 5.02 Å². The average Bonchev–Trinajstić information content (AvgIpc) is 2.95. The van der Waals surface area contributed by atoms with E-state index in [4.69, 9.17) is 11.6 Å². The Morgan fingerprint density at radius 1 is 1.20 bits per heavy atom. The van der Waals surface area contributed by atoms with Crippen LogP contribution in [0.1, 0.15) is 22.8 Å². The van der Waals surface area contributed by atoms with Crippen LogP contribution in [0.4, 0.5) is 5.69 Å². The summed E-state index contributed by atoms with van der Waals surface area (Å²) in [6, 6.07) is 13.7. The lowest BCUT2D eigenvalue weighted by atomic mass is 10.1. The lowest BCUT2D eigenvalue weighted by molar-refractivity contribution is 0.0983. The Balaban J connectivity index is 2.09. The topological polar surface area (TPSA) is 54.5 Å². The normalized spacial score (nSPS) is 18.2. The van der Waals surface area contributed by atoms with Crippen molar-refractivity contribution in [3.8, 4) is 0 Å². The predicted octanol–water partition coefficient (Wildman–Crippen LogP) is 3.86. The molecule has 1 aliphatic rings. The van der Waals surface area contributed by atoms with Crippen LogP contribution in [-0.2, 0) is 16.3 Å². The summed E-state index contributed by atoms with van der Waals surface area (Å²) in [5, 5.41) is 1.65. The Labute approximate surface area is 152 Å². The second-order valence-electron chi connectivity index (χ2n) is 5.89. The predicted molar refractivity (Wildman–Crippen MR) is 101 cm³/mol. The summed E-state index contributed by atoms with van der Waals surface area (Å²) >= 11 is 6.02. The molecular formula is C19H18ClNO3S. The quantitative estimate of drug-likeness (QED) is 0.815. The molecule has 4 nitrogen and oxygen atoms in total. The Kier molecular flexibility index (Phi) is 4.97. The molecule has 6 heteroatoms. The highest BCUT2D eigenvalue weighted by molar-refractivity contribution is 7.94. The van der Waals surface area contributed by atoms with Gasteiger partial charge in [-0.25, -0.2) is 8.42 Å². The molecule has 0 bridgehead atoms. The van der Waals surface area contributed by atoms with Crippen molar-refractivity contribution in [2.75, 3.05) is 10.7 Å². The number of carbonyl (C=O) groups is 1. The van der Waals surface area contributed by atoms with Crippen LogP contribution < -0.4 is 4.90 Å². The molecule has 1 aliphatic heterocycles. The molecule has 0 fully saturated rings. The van der Waals surface area contributed by atoms with Gasteiger partial charge in [0.25, 0.3) is 5.91 Å². The number of halogens is 1. The van der Waals surface area contributed by atoms with E-state index in [1.807, 2.05) is 31.2 Å². The lowest BCUT2D eigenvalue weighted by Gasteiger charge is -2.29. The van der Waals surface area contributed by atoms with E-state index in [-0.39, 0.29) is 11.7 Å². The molecule has 1 amide bonds. The van der Waals surface area contributed by atoms with Crippen molar-refractivity contribution in [2.24, 2.45) is 0 Å². The van der Waals surface area contributed by atoms with Crippen LogP contribution in [0.25, 0.3) is 0 Å². The average molecular weight is 376 g/mol. The van der Waals surface area contributed by atoms with Crippen molar-refractivity contribution in [1.82, 2.24) is 0 Å². The number of para-hydroxylation sites is 1. The van der Waals surface area contributed by atoms with Gasteiger partial charge in [0.15, 0.2) is 9.84 Å². The molecule has 2 aromatic carbocycles. The van der Waals surface area contributed by atoms with Gasteiger partial charge >= 0.3 is 0 Å². The molecule has 1 atom stereocenters. The fourth-order valence-electron chi connectivity index (χ4n) is 2.96. The van der Waals surface area contributed by atoms with Crippen LogP contribution in [0.3, 0.4) is 0 Å². The summed E-state index contributed by atoms with van der Waals surface area (Å²) in [6.07, 6.45) is 2.31. The van der Waals surface area contributed by atoms with Crippen molar-refractivity contribution >= 4 is 33.0 Å². The van der Waals surface area contributed by atoms with Crippen LogP contribution in [0.15, 0.2) is 60.0 Å². The molecule has 2 aromatic rings. The molecule has 3 rings (SSSR count). The molecular weight excluding hydrogens is 358 g/mol. The van der Waals surface area contributed by atoms with Crippen molar-refractivity contribution in [2.45, 2.75) is 19.4 Å². The highest BCUT2D eigenvalue weighted by Gasteiger charge is 2.32. The molecule has 0 aromatic heterocycles. The molecule has 0 aliphatic carbocycles. The van der Waals surface area contributed by atoms with Crippen molar-refractivity contribution in [3.05, 3.63) is 76.2 Å². The minimum Gasteiger partial charge on any atom is -0.300 e. The second kappa shape index (κ2) is 7.02. The zero-order valence-electron chi connectivity index (χ0n) is 13.7. The van der Waals surface area contributed by atoms with Gasteiger partial charge in [0.05, 0.1) is 11.8 Å². The van der Waals surface area contributed by atoms with Gasteiger partial charge in [-0.1, -0.05) is 42.8 Å². The lowest BCUT2D eigenvalue weighted by Crippen LogP contribution is -2.41. The first-order valence-corrected chi connectivity index (χ1v) is 10.1. The molecule has 25 heavy (non-hydrogen) atoms. The van der Waals surface area contributed by atoms with Crippen LogP contribution in [0, 0.1) is 0 Å². The molecule has 0 saturated carbocycles. The third kappa shape index (κ3) is 3.78. The smallest absolute Gasteiger partial charge is 0.258 e. The first-order chi connectivity index (χ1) is 11.9. The van der Waals surface area contributed by atoms with Crippen molar-refractivity contribution in [3.63, 3.8) is 0 Å². The Hall–Kier alpha value is -2.11. The fourth-order valence-corrected chi connectivity index (χ4v) is 4.42. The van der Waals surface area contributed by atoms with Gasteiger partial charge in [-0.2, -0.15) is 0 Å². The number of rotatable bonds is 4. The van der Waals surface area contributed by atoms with Crippen molar-refractivity contribution in [1.29, 1.82) is 0 Å². The van der Waals surface area contributed by atoms with Gasteiger partial charge in [0, 0.05) is 21.7 Å².